The quantitative estimate of drug-likeness (QED) is 0.749. The van der Waals surface area contributed by atoms with Crippen molar-refractivity contribution in [2.24, 2.45) is 0 Å². The molecule has 3 rings (SSSR count). The first kappa shape index (κ1) is 20.2. The molecule has 0 aromatic heterocycles. The zero-order chi connectivity index (χ0) is 20.0. The number of sulfonamides is 1. The molecular formula is C20H21FN2O4S. The Bertz CT molecular complexity index is 935. The Morgan fingerprint density at radius 2 is 1.71 bits per heavy atom. The van der Waals surface area contributed by atoms with Gasteiger partial charge in [0.15, 0.2) is 0 Å². The summed E-state index contributed by atoms with van der Waals surface area (Å²) >= 11 is 0. The summed E-state index contributed by atoms with van der Waals surface area (Å²) in [6.45, 7) is 1.77. The average Bonchev–Trinajstić information content (AvgIpc) is 2.73. The number of hydrogen-bond acceptors (Lipinski definition) is 4. The summed E-state index contributed by atoms with van der Waals surface area (Å²) in [5, 5.41) is 2.70. The fraction of sp³-hybridized carbons (Fsp3) is 0.250. The lowest BCUT2D eigenvalue weighted by Gasteiger charge is -2.26. The molecule has 0 atom stereocenters. The third-order valence-electron chi connectivity index (χ3n) is 4.30. The summed E-state index contributed by atoms with van der Waals surface area (Å²) < 4.78 is 44.6. The smallest absolute Gasteiger partial charge is 0.244 e. The predicted molar refractivity (Wildman–Crippen MR) is 103 cm³/mol. The molecule has 6 nitrogen and oxygen atoms in total. The lowest BCUT2D eigenvalue weighted by molar-refractivity contribution is -0.116. The molecule has 0 aliphatic carbocycles. The lowest BCUT2D eigenvalue weighted by Crippen LogP contribution is -2.40. The Morgan fingerprint density at radius 1 is 1.07 bits per heavy atom. The summed E-state index contributed by atoms with van der Waals surface area (Å²) in [6.07, 6.45) is 2.97. The van der Waals surface area contributed by atoms with E-state index in [1.807, 2.05) is 0 Å². The van der Waals surface area contributed by atoms with E-state index in [9.17, 15) is 17.6 Å². The number of morpholine rings is 1. The molecule has 0 bridgehead atoms. The van der Waals surface area contributed by atoms with Gasteiger partial charge < -0.3 is 10.1 Å². The fourth-order valence-corrected chi connectivity index (χ4v) is 4.12. The number of rotatable bonds is 6. The molecule has 28 heavy (non-hydrogen) atoms. The highest BCUT2D eigenvalue weighted by molar-refractivity contribution is 7.89. The van der Waals surface area contributed by atoms with Crippen LogP contribution in [0.5, 0.6) is 0 Å². The molecule has 148 valence electrons. The molecule has 0 spiro atoms. The van der Waals surface area contributed by atoms with Crippen LogP contribution < -0.4 is 5.32 Å². The first-order valence-corrected chi connectivity index (χ1v) is 10.3. The standard InChI is InChI=1S/C20H21FN2O4S/c21-18-6-1-17(2-7-18)15-22-20(24)10-5-16-3-8-19(9-4-16)28(25,26)23-11-13-27-14-12-23/h1-10H,11-15H2,(H,22,24)/b10-5+. The van der Waals surface area contributed by atoms with E-state index in [0.29, 0.717) is 38.4 Å². The topological polar surface area (TPSA) is 75.7 Å². The molecule has 1 aliphatic rings. The number of carbonyl (C=O) groups excluding carboxylic acids is 1. The normalized spacial score (nSPS) is 15.6. The monoisotopic (exact) mass is 404 g/mol. The maximum atomic E-state index is 12.9. The van der Waals surface area contributed by atoms with Crippen molar-refractivity contribution in [3.63, 3.8) is 0 Å². The first-order valence-electron chi connectivity index (χ1n) is 8.83. The molecule has 8 heteroatoms. The van der Waals surface area contributed by atoms with Gasteiger partial charge in [0.1, 0.15) is 5.82 Å². The predicted octanol–water partition coefficient (Wildman–Crippen LogP) is 2.18. The second-order valence-corrected chi connectivity index (χ2v) is 8.20. The van der Waals surface area contributed by atoms with E-state index < -0.39 is 10.0 Å². The van der Waals surface area contributed by atoms with Gasteiger partial charge in [0.25, 0.3) is 0 Å². The number of halogens is 1. The third kappa shape index (κ3) is 5.25. The van der Waals surface area contributed by atoms with Crippen molar-refractivity contribution in [3.05, 3.63) is 71.6 Å². The molecule has 1 heterocycles. The molecule has 1 saturated heterocycles. The van der Waals surface area contributed by atoms with Gasteiger partial charge in [-0.3, -0.25) is 4.79 Å². The van der Waals surface area contributed by atoms with Crippen molar-refractivity contribution >= 4 is 22.0 Å². The number of benzene rings is 2. The highest BCUT2D eigenvalue weighted by Crippen LogP contribution is 2.18. The second kappa shape index (κ2) is 9.09. The molecule has 0 saturated carbocycles. The van der Waals surface area contributed by atoms with E-state index in [1.54, 1.807) is 30.3 Å². The molecule has 0 radical (unpaired) electrons. The molecule has 1 aliphatic heterocycles. The maximum Gasteiger partial charge on any atom is 0.244 e. The Kier molecular flexibility index (Phi) is 6.56. The van der Waals surface area contributed by atoms with Crippen LogP contribution in [0.3, 0.4) is 0 Å². The van der Waals surface area contributed by atoms with Crippen molar-refractivity contribution in [3.8, 4) is 0 Å². The van der Waals surface area contributed by atoms with E-state index >= 15 is 0 Å². The summed E-state index contributed by atoms with van der Waals surface area (Å²) in [5.74, 6) is -0.622. The number of amides is 1. The van der Waals surface area contributed by atoms with Crippen LogP contribution >= 0.6 is 0 Å². The summed E-state index contributed by atoms with van der Waals surface area (Å²) in [5.41, 5.74) is 1.50. The number of nitrogens with zero attached hydrogens (tertiary/aromatic N) is 1. The van der Waals surface area contributed by atoms with Crippen molar-refractivity contribution < 1.29 is 22.3 Å². The fourth-order valence-electron chi connectivity index (χ4n) is 2.71. The third-order valence-corrected chi connectivity index (χ3v) is 6.21. The van der Waals surface area contributed by atoms with Crippen LogP contribution in [0.4, 0.5) is 4.39 Å². The molecule has 2 aromatic carbocycles. The lowest BCUT2D eigenvalue weighted by atomic mass is 10.2. The zero-order valence-corrected chi connectivity index (χ0v) is 16.0. The van der Waals surface area contributed by atoms with Crippen LogP contribution in [0.2, 0.25) is 0 Å². The van der Waals surface area contributed by atoms with Gasteiger partial charge in [0.05, 0.1) is 18.1 Å². The number of carbonyl (C=O) groups is 1. The summed E-state index contributed by atoms with van der Waals surface area (Å²) in [4.78, 5) is 12.1. The first-order chi connectivity index (χ1) is 13.4. The minimum absolute atomic E-state index is 0.215. The highest BCUT2D eigenvalue weighted by Gasteiger charge is 2.25. The van der Waals surface area contributed by atoms with Crippen LogP contribution in [0.1, 0.15) is 11.1 Å². The van der Waals surface area contributed by atoms with Gasteiger partial charge >= 0.3 is 0 Å². The van der Waals surface area contributed by atoms with Gasteiger partial charge in [-0.1, -0.05) is 24.3 Å². The number of nitrogens with one attached hydrogen (secondary N) is 1. The minimum atomic E-state index is -3.53. The van der Waals surface area contributed by atoms with Crippen molar-refractivity contribution in [2.75, 3.05) is 26.3 Å². The number of ether oxygens (including phenoxy) is 1. The van der Waals surface area contributed by atoms with E-state index in [0.717, 1.165) is 5.56 Å². The van der Waals surface area contributed by atoms with Crippen LogP contribution in [-0.4, -0.2) is 44.9 Å². The van der Waals surface area contributed by atoms with Crippen molar-refractivity contribution in [1.82, 2.24) is 9.62 Å². The second-order valence-electron chi connectivity index (χ2n) is 6.26. The van der Waals surface area contributed by atoms with Gasteiger partial charge in [-0.2, -0.15) is 4.31 Å². The highest BCUT2D eigenvalue weighted by atomic mass is 32.2. The summed E-state index contributed by atoms with van der Waals surface area (Å²) in [7, 11) is -3.53. The Labute approximate surface area is 163 Å². The average molecular weight is 404 g/mol. The molecule has 2 aromatic rings. The van der Waals surface area contributed by atoms with Crippen LogP contribution in [-0.2, 0) is 26.1 Å². The Balaban J connectivity index is 1.57. The summed E-state index contributed by atoms with van der Waals surface area (Å²) in [6, 6.07) is 12.2. The van der Waals surface area contributed by atoms with Gasteiger partial charge in [-0.15, -0.1) is 0 Å². The Hall–Kier alpha value is -2.55. The van der Waals surface area contributed by atoms with Gasteiger partial charge in [0.2, 0.25) is 15.9 Å². The van der Waals surface area contributed by atoms with E-state index in [2.05, 4.69) is 5.32 Å². The van der Waals surface area contributed by atoms with Crippen LogP contribution in [0.25, 0.3) is 6.08 Å². The molecular weight excluding hydrogens is 383 g/mol. The van der Waals surface area contributed by atoms with Gasteiger partial charge in [-0.25, -0.2) is 12.8 Å². The Morgan fingerprint density at radius 3 is 2.36 bits per heavy atom. The number of hydrogen-bond donors (Lipinski definition) is 1. The minimum Gasteiger partial charge on any atom is -0.379 e. The molecule has 0 unspecified atom stereocenters. The molecule has 1 amide bonds. The molecule has 1 fully saturated rings. The van der Waals surface area contributed by atoms with E-state index in [-0.39, 0.29) is 16.6 Å². The largest absolute Gasteiger partial charge is 0.379 e. The van der Waals surface area contributed by atoms with Crippen molar-refractivity contribution in [1.29, 1.82) is 0 Å². The SMILES string of the molecule is O=C(/C=C/c1ccc(S(=O)(=O)N2CCOCC2)cc1)NCc1ccc(F)cc1. The van der Waals surface area contributed by atoms with E-state index in [1.165, 1.54) is 34.6 Å². The maximum absolute atomic E-state index is 12.9. The van der Waals surface area contributed by atoms with Crippen LogP contribution in [0.15, 0.2) is 59.5 Å². The van der Waals surface area contributed by atoms with Crippen molar-refractivity contribution in [2.45, 2.75) is 11.4 Å². The van der Waals surface area contributed by atoms with Gasteiger partial charge in [-0.05, 0) is 41.5 Å². The zero-order valence-electron chi connectivity index (χ0n) is 15.2. The van der Waals surface area contributed by atoms with E-state index in [4.69, 9.17) is 4.74 Å². The van der Waals surface area contributed by atoms with Crippen LogP contribution in [0, 0.1) is 5.82 Å². The molecule has 1 N–H and O–H groups in total. The van der Waals surface area contributed by atoms with Gasteiger partial charge in [0, 0.05) is 25.7 Å².